The molecular weight excluding hydrogens is 328 g/mol. The molecule has 0 aliphatic heterocycles. The third-order valence-corrected chi connectivity index (χ3v) is 4.13. The molecule has 26 heavy (non-hydrogen) atoms. The first-order valence-electron chi connectivity index (χ1n) is 8.58. The number of nitrogens with one attached hydrogen (secondary N) is 2. The summed E-state index contributed by atoms with van der Waals surface area (Å²) in [6.07, 6.45) is 1.65. The molecule has 1 aromatic heterocycles. The van der Waals surface area contributed by atoms with Crippen LogP contribution >= 0.6 is 0 Å². The van der Waals surface area contributed by atoms with Crippen LogP contribution in [0, 0.1) is 0 Å². The molecule has 5 nitrogen and oxygen atoms in total. The number of carbonyl (C=O) groups excluding carboxylic acids is 1. The predicted octanol–water partition coefficient (Wildman–Crippen LogP) is 2.69. The zero-order chi connectivity index (χ0) is 18.4. The van der Waals surface area contributed by atoms with Crippen molar-refractivity contribution in [3.8, 4) is 11.5 Å². The van der Waals surface area contributed by atoms with Gasteiger partial charge in [0.1, 0.15) is 11.5 Å². The minimum Gasteiger partial charge on any atom is -0.463 e. The molecule has 3 aromatic rings. The number of ether oxygens (including phenoxy) is 1. The van der Waals surface area contributed by atoms with Crippen molar-refractivity contribution in [2.75, 3.05) is 20.6 Å². The topological polar surface area (TPSA) is 55.9 Å². The fraction of sp³-hybridized carbons (Fsp3) is 0.190. The van der Waals surface area contributed by atoms with Crippen molar-refractivity contribution in [2.24, 2.45) is 0 Å². The van der Waals surface area contributed by atoms with Crippen molar-refractivity contribution in [3.05, 3.63) is 84.3 Å². The molecule has 134 valence electrons. The molecule has 0 radical (unpaired) electrons. The molecule has 0 aliphatic rings. The molecule has 0 saturated carbocycles. The Labute approximate surface area is 153 Å². The van der Waals surface area contributed by atoms with Gasteiger partial charge in [0.05, 0.1) is 26.9 Å². The Morgan fingerprint density at radius 1 is 1.04 bits per heavy atom. The normalized spacial score (nSPS) is 12.0. The van der Waals surface area contributed by atoms with Gasteiger partial charge in [0.15, 0.2) is 11.8 Å². The number of amides is 1. The van der Waals surface area contributed by atoms with E-state index >= 15 is 0 Å². The lowest BCUT2D eigenvalue weighted by molar-refractivity contribution is -0.891. The number of quaternary nitrogens is 1. The maximum Gasteiger partial charge on any atom is 0.251 e. The maximum absolute atomic E-state index is 12.5. The van der Waals surface area contributed by atoms with Gasteiger partial charge in [-0.3, -0.25) is 4.79 Å². The van der Waals surface area contributed by atoms with E-state index in [0.717, 1.165) is 11.5 Å². The molecule has 2 aromatic carbocycles. The van der Waals surface area contributed by atoms with Gasteiger partial charge in [0.25, 0.3) is 5.91 Å². The summed E-state index contributed by atoms with van der Waals surface area (Å²) in [5.74, 6) is 2.08. The van der Waals surface area contributed by atoms with Gasteiger partial charge in [0, 0.05) is 5.56 Å². The lowest BCUT2D eigenvalue weighted by Gasteiger charge is -2.19. The van der Waals surface area contributed by atoms with Crippen LogP contribution in [0.1, 0.15) is 22.2 Å². The van der Waals surface area contributed by atoms with Crippen molar-refractivity contribution in [1.82, 2.24) is 5.32 Å². The van der Waals surface area contributed by atoms with Crippen molar-refractivity contribution >= 4 is 5.91 Å². The highest BCUT2D eigenvalue weighted by atomic mass is 16.5. The number of likely N-dealkylation sites (N-methyl/N-ethyl adjacent to an activating group) is 1. The molecule has 2 N–H and O–H groups in total. The van der Waals surface area contributed by atoms with E-state index in [1.165, 1.54) is 4.90 Å². The Kier molecular flexibility index (Phi) is 5.71. The van der Waals surface area contributed by atoms with Crippen molar-refractivity contribution in [3.63, 3.8) is 0 Å². The minimum atomic E-state index is -0.138. The highest BCUT2D eigenvalue weighted by molar-refractivity contribution is 5.94. The molecule has 5 heteroatoms. The van der Waals surface area contributed by atoms with Gasteiger partial charge in [-0.25, -0.2) is 0 Å². The van der Waals surface area contributed by atoms with Gasteiger partial charge in [0.2, 0.25) is 0 Å². The third kappa shape index (κ3) is 4.52. The summed E-state index contributed by atoms with van der Waals surface area (Å²) in [6.45, 7) is 0.485. The number of hydrogen-bond donors (Lipinski definition) is 2. The average molecular weight is 351 g/mol. The molecule has 1 amide bonds. The molecule has 1 atom stereocenters. The lowest BCUT2D eigenvalue weighted by Crippen LogP contribution is -3.07. The summed E-state index contributed by atoms with van der Waals surface area (Å²) in [5.41, 5.74) is 0.561. The number of hydrogen-bond acceptors (Lipinski definition) is 3. The highest BCUT2D eigenvalue weighted by Crippen LogP contribution is 2.21. The second-order valence-corrected chi connectivity index (χ2v) is 6.30. The van der Waals surface area contributed by atoms with Crippen LogP contribution in [0.5, 0.6) is 11.5 Å². The molecule has 1 heterocycles. The van der Waals surface area contributed by atoms with Crippen LogP contribution in [0.25, 0.3) is 0 Å². The van der Waals surface area contributed by atoms with Crippen molar-refractivity contribution in [1.29, 1.82) is 0 Å². The van der Waals surface area contributed by atoms with E-state index in [4.69, 9.17) is 9.15 Å². The van der Waals surface area contributed by atoms with Crippen LogP contribution in [-0.2, 0) is 0 Å². The molecule has 0 saturated heterocycles. The second kappa shape index (κ2) is 8.36. The first kappa shape index (κ1) is 17.8. The number of carbonyl (C=O) groups is 1. The number of rotatable bonds is 7. The van der Waals surface area contributed by atoms with Crippen molar-refractivity contribution < 1.29 is 18.8 Å². The average Bonchev–Trinajstić information content (AvgIpc) is 3.17. The maximum atomic E-state index is 12.5. The Balaban J connectivity index is 1.65. The summed E-state index contributed by atoms with van der Waals surface area (Å²) >= 11 is 0. The lowest BCUT2D eigenvalue weighted by atomic mass is 10.1. The van der Waals surface area contributed by atoms with Crippen LogP contribution in [0.3, 0.4) is 0 Å². The van der Waals surface area contributed by atoms with Crippen LogP contribution in [0.15, 0.2) is 77.4 Å². The standard InChI is InChI=1S/C21H22N2O3/c1-23(2)19(20-12-7-13-25-20)15-22-21(24)16-8-6-11-18(14-16)26-17-9-4-3-5-10-17/h3-14,19H,15H2,1-2H3,(H,22,24)/p+1/t19-/m1/s1. The Hall–Kier alpha value is -3.05. The minimum absolute atomic E-state index is 0.0534. The van der Waals surface area contributed by atoms with E-state index in [1.54, 1.807) is 18.4 Å². The Bertz CT molecular complexity index is 829. The number of para-hydroxylation sites is 1. The first-order chi connectivity index (χ1) is 12.6. The fourth-order valence-corrected chi connectivity index (χ4v) is 2.70. The summed E-state index contributed by atoms with van der Waals surface area (Å²) in [5, 5.41) is 2.98. The van der Waals surface area contributed by atoms with E-state index in [2.05, 4.69) is 5.32 Å². The summed E-state index contributed by atoms with van der Waals surface area (Å²) in [7, 11) is 4.07. The van der Waals surface area contributed by atoms with Crippen molar-refractivity contribution in [2.45, 2.75) is 6.04 Å². The van der Waals surface area contributed by atoms with E-state index in [0.29, 0.717) is 17.9 Å². The summed E-state index contributed by atoms with van der Waals surface area (Å²) in [6, 6.07) is 20.5. The van der Waals surface area contributed by atoms with Crippen LogP contribution in [0.4, 0.5) is 0 Å². The predicted molar refractivity (Wildman–Crippen MR) is 99.6 cm³/mol. The van der Waals surface area contributed by atoms with E-state index in [-0.39, 0.29) is 11.9 Å². The third-order valence-electron chi connectivity index (χ3n) is 4.13. The molecule has 0 aliphatic carbocycles. The van der Waals surface area contributed by atoms with Crippen LogP contribution in [-0.4, -0.2) is 26.5 Å². The van der Waals surface area contributed by atoms with Crippen LogP contribution < -0.4 is 15.0 Å². The van der Waals surface area contributed by atoms with Crippen LogP contribution in [0.2, 0.25) is 0 Å². The molecule has 3 rings (SSSR count). The summed E-state index contributed by atoms with van der Waals surface area (Å²) < 4.78 is 11.3. The number of furan rings is 1. The monoisotopic (exact) mass is 351 g/mol. The first-order valence-corrected chi connectivity index (χ1v) is 8.58. The van der Waals surface area contributed by atoms with Gasteiger partial charge in [-0.05, 0) is 42.5 Å². The van der Waals surface area contributed by atoms with E-state index < -0.39 is 0 Å². The second-order valence-electron chi connectivity index (χ2n) is 6.30. The quantitative estimate of drug-likeness (QED) is 0.688. The largest absolute Gasteiger partial charge is 0.463 e. The van der Waals surface area contributed by atoms with Gasteiger partial charge < -0.3 is 19.4 Å². The summed E-state index contributed by atoms with van der Waals surface area (Å²) in [4.78, 5) is 13.7. The zero-order valence-electron chi connectivity index (χ0n) is 14.9. The van der Waals surface area contributed by atoms with E-state index in [9.17, 15) is 4.79 Å². The molecule has 0 fully saturated rings. The molecule has 0 spiro atoms. The zero-order valence-corrected chi connectivity index (χ0v) is 14.9. The van der Waals surface area contributed by atoms with E-state index in [1.807, 2.05) is 68.7 Å². The fourth-order valence-electron chi connectivity index (χ4n) is 2.70. The smallest absolute Gasteiger partial charge is 0.251 e. The van der Waals surface area contributed by atoms with Gasteiger partial charge in [-0.2, -0.15) is 0 Å². The van der Waals surface area contributed by atoms with Gasteiger partial charge in [-0.15, -0.1) is 0 Å². The molecule has 0 bridgehead atoms. The Morgan fingerprint density at radius 3 is 2.50 bits per heavy atom. The molecular formula is C21H23N2O3+. The molecule has 0 unspecified atom stereocenters. The van der Waals surface area contributed by atoms with Gasteiger partial charge in [-0.1, -0.05) is 24.3 Å². The SMILES string of the molecule is C[NH+](C)[C@H](CNC(=O)c1cccc(Oc2ccccc2)c1)c1ccco1. The number of benzene rings is 2. The van der Waals surface area contributed by atoms with Gasteiger partial charge >= 0.3 is 0 Å². The highest BCUT2D eigenvalue weighted by Gasteiger charge is 2.21. The Morgan fingerprint density at radius 2 is 1.81 bits per heavy atom.